The minimum atomic E-state index is 0.100. The maximum Gasteiger partial charge on any atom is 0.161 e. The molecule has 0 heterocycles. The minimum Gasteiger partial charge on any atom is -0.493 e. The van der Waals surface area contributed by atoms with Gasteiger partial charge < -0.3 is 9.47 Å². The molecule has 3 heteroatoms. The lowest BCUT2D eigenvalue weighted by Crippen LogP contribution is -2.52. The first-order valence-electron chi connectivity index (χ1n) is 7.63. The zero-order valence-electron chi connectivity index (χ0n) is 13.6. The number of rotatable bonds is 4. The van der Waals surface area contributed by atoms with Crippen molar-refractivity contribution in [3.8, 4) is 11.5 Å². The maximum absolute atomic E-state index is 12.1. The molecule has 0 aromatic heterocycles. The molecule has 1 fully saturated rings. The highest BCUT2D eigenvalue weighted by Gasteiger charge is 2.54. The van der Waals surface area contributed by atoms with Crippen LogP contribution in [0.3, 0.4) is 0 Å². The van der Waals surface area contributed by atoms with Gasteiger partial charge in [-0.1, -0.05) is 32.1 Å². The number of ether oxygens (including phenoxy) is 2. The normalized spacial score (nSPS) is 25.6. The van der Waals surface area contributed by atoms with Crippen LogP contribution in [0.5, 0.6) is 11.5 Å². The lowest BCUT2D eigenvalue weighted by atomic mass is 9.48. The van der Waals surface area contributed by atoms with E-state index in [4.69, 9.17) is 9.47 Å². The summed E-state index contributed by atoms with van der Waals surface area (Å²) in [5.41, 5.74) is 2.28. The summed E-state index contributed by atoms with van der Waals surface area (Å²) in [6.07, 6.45) is 6.92. The molecule has 0 aliphatic heterocycles. The topological polar surface area (TPSA) is 35.5 Å². The van der Waals surface area contributed by atoms with E-state index in [0.717, 1.165) is 23.3 Å². The van der Waals surface area contributed by atoms with E-state index in [0.29, 0.717) is 11.7 Å². The summed E-state index contributed by atoms with van der Waals surface area (Å²) >= 11 is 0. The lowest BCUT2D eigenvalue weighted by Gasteiger charge is -2.54. The molecule has 1 aromatic rings. The lowest BCUT2D eigenvalue weighted by molar-refractivity contribution is -0.133. The molecule has 2 atom stereocenters. The number of hydrogen-bond acceptors (Lipinski definition) is 3. The van der Waals surface area contributed by atoms with Crippen molar-refractivity contribution in [2.24, 2.45) is 17.3 Å². The van der Waals surface area contributed by atoms with Crippen LogP contribution in [-0.2, 0) is 4.79 Å². The second-order valence-electron chi connectivity index (χ2n) is 6.66. The summed E-state index contributed by atoms with van der Waals surface area (Å²) in [5, 5.41) is 0. The van der Waals surface area contributed by atoms with Crippen LogP contribution < -0.4 is 9.47 Å². The molecule has 0 radical (unpaired) electrons. The molecule has 3 nitrogen and oxygen atoms in total. The van der Waals surface area contributed by atoms with Crippen LogP contribution in [0.25, 0.3) is 6.08 Å². The largest absolute Gasteiger partial charge is 0.493 e. The van der Waals surface area contributed by atoms with Gasteiger partial charge in [0.1, 0.15) is 0 Å². The molecule has 2 bridgehead atoms. The van der Waals surface area contributed by atoms with Crippen molar-refractivity contribution in [3.63, 3.8) is 0 Å². The monoisotopic (exact) mass is 298 g/mol. The van der Waals surface area contributed by atoms with Crippen molar-refractivity contribution in [2.75, 3.05) is 14.2 Å². The number of carbonyl (C=O) groups is 1. The van der Waals surface area contributed by atoms with E-state index in [1.165, 1.54) is 0 Å². The number of methoxy groups -OCH3 is 2. The second kappa shape index (κ2) is 5.31. The summed E-state index contributed by atoms with van der Waals surface area (Å²) in [6.45, 7) is 4.39. The van der Waals surface area contributed by atoms with E-state index in [2.05, 4.69) is 19.9 Å². The molecule has 0 spiro atoms. The van der Waals surface area contributed by atoms with Gasteiger partial charge in [0, 0.05) is 5.92 Å². The summed E-state index contributed by atoms with van der Waals surface area (Å²) in [6, 6.07) is 5.81. The summed E-state index contributed by atoms with van der Waals surface area (Å²) in [5.74, 6) is 2.42. The van der Waals surface area contributed by atoms with Crippen LogP contribution in [0.15, 0.2) is 35.9 Å². The zero-order valence-corrected chi connectivity index (χ0v) is 13.6. The number of hydrogen-bond donors (Lipinski definition) is 0. The molecule has 1 saturated carbocycles. The smallest absolute Gasteiger partial charge is 0.161 e. The fourth-order valence-electron chi connectivity index (χ4n) is 3.65. The minimum absolute atomic E-state index is 0.100. The van der Waals surface area contributed by atoms with Crippen LogP contribution in [0.2, 0.25) is 0 Å². The Labute approximate surface area is 131 Å². The average molecular weight is 298 g/mol. The molecular formula is C19H22O3. The summed E-state index contributed by atoms with van der Waals surface area (Å²) in [4.78, 5) is 12.1. The van der Waals surface area contributed by atoms with E-state index in [1.54, 1.807) is 14.2 Å². The first-order valence-corrected chi connectivity index (χ1v) is 7.63. The number of ketones is 1. The SMILES string of the molecule is COc1ccc(C=CC2=CC(=O)[C@H]3C[C@@H]2C3(C)C)cc1OC. The van der Waals surface area contributed by atoms with Gasteiger partial charge in [-0.2, -0.15) is 0 Å². The van der Waals surface area contributed by atoms with E-state index in [9.17, 15) is 4.79 Å². The van der Waals surface area contributed by atoms with Crippen molar-refractivity contribution in [1.29, 1.82) is 0 Å². The van der Waals surface area contributed by atoms with Crippen LogP contribution in [0.4, 0.5) is 0 Å². The Morgan fingerprint density at radius 2 is 1.82 bits per heavy atom. The van der Waals surface area contributed by atoms with Crippen molar-refractivity contribution in [3.05, 3.63) is 41.5 Å². The Balaban J connectivity index is 1.84. The van der Waals surface area contributed by atoms with Gasteiger partial charge in [-0.05, 0) is 47.1 Å². The van der Waals surface area contributed by atoms with Crippen LogP contribution >= 0.6 is 0 Å². The third kappa shape index (κ3) is 2.25. The molecule has 3 aliphatic rings. The number of fused-ring (bicyclic) bond motifs is 1. The van der Waals surface area contributed by atoms with Crippen LogP contribution in [0, 0.1) is 17.3 Å². The van der Waals surface area contributed by atoms with Gasteiger partial charge >= 0.3 is 0 Å². The molecule has 1 aromatic carbocycles. The Hall–Kier alpha value is -2.03. The maximum atomic E-state index is 12.1. The van der Waals surface area contributed by atoms with E-state index >= 15 is 0 Å². The number of carbonyl (C=O) groups excluding carboxylic acids is 1. The van der Waals surface area contributed by atoms with Gasteiger partial charge in [-0.15, -0.1) is 0 Å². The third-order valence-corrected chi connectivity index (χ3v) is 5.20. The Morgan fingerprint density at radius 1 is 1.09 bits per heavy atom. The predicted molar refractivity (Wildman–Crippen MR) is 87.0 cm³/mol. The summed E-state index contributed by atoms with van der Waals surface area (Å²) in [7, 11) is 3.26. The molecule has 3 aliphatic carbocycles. The Bertz CT molecular complexity index is 667. The second-order valence-corrected chi connectivity index (χ2v) is 6.66. The van der Waals surface area contributed by atoms with Crippen molar-refractivity contribution < 1.29 is 14.3 Å². The van der Waals surface area contributed by atoms with Crippen molar-refractivity contribution in [2.45, 2.75) is 20.3 Å². The van der Waals surface area contributed by atoms with Crippen LogP contribution in [0.1, 0.15) is 25.8 Å². The van der Waals surface area contributed by atoms with Gasteiger partial charge in [0.05, 0.1) is 14.2 Å². The van der Waals surface area contributed by atoms with E-state index < -0.39 is 0 Å². The van der Waals surface area contributed by atoms with Gasteiger partial charge in [-0.3, -0.25) is 4.79 Å². The fourth-order valence-corrected chi connectivity index (χ4v) is 3.65. The van der Waals surface area contributed by atoms with E-state index in [-0.39, 0.29) is 17.1 Å². The Kier molecular flexibility index (Phi) is 3.59. The van der Waals surface area contributed by atoms with E-state index in [1.807, 2.05) is 30.4 Å². The molecule has 116 valence electrons. The first-order chi connectivity index (χ1) is 10.5. The molecule has 0 amide bonds. The Morgan fingerprint density at radius 3 is 2.41 bits per heavy atom. The molecule has 4 rings (SSSR count). The summed E-state index contributed by atoms with van der Waals surface area (Å²) < 4.78 is 10.6. The van der Waals surface area contributed by atoms with Gasteiger partial charge in [0.15, 0.2) is 17.3 Å². The van der Waals surface area contributed by atoms with Crippen molar-refractivity contribution in [1.82, 2.24) is 0 Å². The number of benzene rings is 1. The molecule has 0 saturated heterocycles. The third-order valence-electron chi connectivity index (χ3n) is 5.20. The highest BCUT2D eigenvalue weighted by Crippen LogP contribution is 2.58. The zero-order chi connectivity index (χ0) is 15.9. The molecule has 22 heavy (non-hydrogen) atoms. The fraction of sp³-hybridized carbons (Fsp3) is 0.421. The highest BCUT2D eigenvalue weighted by atomic mass is 16.5. The standard InChI is InChI=1S/C19H22O3/c1-19(2)14-11-15(19)16(20)10-13(14)7-5-12-6-8-17(21-3)18(9-12)22-4/h5-10,14-15H,11H2,1-4H3/t14-,15+/m0/s1. The average Bonchev–Trinajstić information content (AvgIpc) is 2.51. The number of allylic oxidation sites excluding steroid dienone is 3. The predicted octanol–water partition coefficient (Wildman–Crippen LogP) is 3.89. The van der Waals surface area contributed by atoms with Gasteiger partial charge in [-0.25, -0.2) is 0 Å². The van der Waals surface area contributed by atoms with Gasteiger partial charge in [0.25, 0.3) is 0 Å². The molecule has 0 unspecified atom stereocenters. The van der Waals surface area contributed by atoms with Gasteiger partial charge in [0.2, 0.25) is 0 Å². The van der Waals surface area contributed by atoms with Crippen LogP contribution in [-0.4, -0.2) is 20.0 Å². The highest BCUT2D eigenvalue weighted by molar-refractivity contribution is 5.96. The molecule has 0 N–H and O–H groups in total. The molecular weight excluding hydrogens is 276 g/mol. The first kappa shape index (κ1) is 14.9. The van der Waals surface area contributed by atoms with Crippen molar-refractivity contribution >= 4 is 11.9 Å². The quantitative estimate of drug-likeness (QED) is 0.846.